The van der Waals surface area contributed by atoms with Crippen molar-refractivity contribution in [3.05, 3.63) is 0 Å². The van der Waals surface area contributed by atoms with Crippen LogP contribution in [0.1, 0.15) is 20.3 Å². The minimum Gasteiger partial charge on any atom is -0.383 e. The topological polar surface area (TPSA) is 24.5 Å². The van der Waals surface area contributed by atoms with Gasteiger partial charge in [0.2, 0.25) is 0 Å². The van der Waals surface area contributed by atoms with Gasteiger partial charge in [-0.2, -0.15) is 0 Å². The summed E-state index contributed by atoms with van der Waals surface area (Å²) in [5, 5.41) is 3.46. The minimum absolute atomic E-state index is 0.507. The summed E-state index contributed by atoms with van der Waals surface area (Å²) < 4.78 is 5.19. The number of methoxy groups -OCH3 is 1. The number of nitrogens with one attached hydrogen (secondary N) is 1. The second-order valence-corrected chi connectivity index (χ2v) is 4.51. The van der Waals surface area contributed by atoms with Crippen LogP contribution in [0.25, 0.3) is 0 Å². The Morgan fingerprint density at radius 3 is 2.86 bits per heavy atom. The third-order valence-electron chi connectivity index (χ3n) is 3.41. The lowest BCUT2D eigenvalue weighted by Crippen LogP contribution is -2.52. The van der Waals surface area contributed by atoms with Crippen molar-refractivity contribution in [2.24, 2.45) is 5.92 Å². The smallest absolute Gasteiger partial charge is 0.0615 e. The molecule has 0 bridgehead atoms. The molecule has 0 radical (unpaired) electrons. The fourth-order valence-corrected chi connectivity index (χ4v) is 2.20. The minimum atomic E-state index is 0.507. The quantitative estimate of drug-likeness (QED) is 0.731. The maximum atomic E-state index is 5.19. The Morgan fingerprint density at radius 2 is 2.29 bits per heavy atom. The first kappa shape index (κ1) is 12.0. The Balaban J connectivity index is 2.44. The summed E-state index contributed by atoms with van der Waals surface area (Å²) in [5.41, 5.74) is 0. The molecule has 1 heterocycles. The van der Waals surface area contributed by atoms with E-state index in [1.54, 1.807) is 7.11 Å². The van der Waals surface area contributed by atoms with E-state index < -0.39 is 0 Å². The monoisotopic (exact) mass is 200 g/mol. The zero-order chi connectivity index (χ0) is 10.6. The molecule has 0 aromatic rings. The Kier molecular flexibility index (Phi) is 4.85. The van der Waals surface area contributed by atoms with Gasteiger partial charge >= 0.3 is 0 Å². The number of hydrogen-bond donors (Lipinski definition) is 1. The predicted octanol–water partition coefficient (Wildman–Crippen LogP) is 0.951. The van der Waals surface area contributed by atoms with Gasteiger partial charge in [-0.15, -0.1) is 0 Å². The van der Waals surface area contributed by atoms with Crippen LogP contribution in [0.4, 0.5) is 0 Å². The van der Waals surface area contributed by atoms with Crippen molar-refractivity contribution >= 4 is 0 Å². The molecule has 1 aliphatic heterocycles. The van der Waals surface area contributed by atoms with Gasteiger partial charge in [0.1, 0.15) is 0 Å². The predicted molar refractivity (Wildman–Crippen MR) is 59.5 cm³/mol. The summed E-state index contributed by atoms with van der Waals surface area (Å²) in [6, 6.07) is 1.17. The van der Waals surface area contributed by atoms with Gasteiger partial charge in [0.05, 0.1) is 6.61 Å². The summed E-state index contributed by atoms with van der Waals surface area (Å²) in [4.78, 5) is 2.44. The van der Waals surface area contributed by atoms with Gasteiger partial charge in [-0.05, 0) is 32.9 Å². The molecule has 1 fully saturated rings. The van der Waals surface area contributed by atoms with Gasteiger partial charge < -0.3 is 10.1 Å². The fraction of sp³-hybridized carbons (Fsp3) is 1.00. The summed E-state index contributed by atoms with van der Waals surface area (Å²) in [5.74, 6) is 0.792. The number of hydrogen-bond acceptors (Lipinski definition) is 3. The molecule has 1 rings (SSSR count). The molecule has 14 heavy (non-hydrogen) atoms. The van der Waals surface area contributed by atoms with E-state index in [1.807, 2.05) is 0 Å². The van der Waals surface area contributed by atoms with Crippen LogP contribution < -0.4 is 5.32 Å². The van der Waals surface area contributed by atoms with Gasteiger partial charge in [0.15, 0.2) is 0 Å². The third-order valence-corrected chi connectivity index (χ3v) is 3.41. The van der Waals surface area contributed by atoms with E-state index in [0.717, 1.165) is 19.1 Å². The highest BCUT2D eigenvalue weighted by Crippen LogP contribution is 2.18. The van der Waals surface area contributed by atoms with Crippen molar-refractivity contribution in [3.63, 3.8) is 0 Å². The lowest BCUT2D eigenvalue weighted by Gasteiger charge is -2.39. The van der Waals surface area contributed by atoms with Crippen LogP contribution in [0.5, 0.6) is 0 Å². The van der Waals surface area contributed by atoms with E-state index in [4.69, 9.17) is 4.74 Å². The Bertz CT molecular complexity index is 163. The molecular weight excluding hydrogens is 176 g/mol. The molecule has 0 aromatic carbocycles. The molecule has 3 atom stereocenters. The molecular formula is C11H24N2O. The Morgan fingerprint density at radius 1 is 1.57 bits per heavy atom. The van der Waals surface area contributed by atoms with E-state index in [1.165, 1.54) is 13.0 Å². The van der Waals surface area contributed by atoms with Crippen molar-refractivity contribution in [2.45, 2.75) is 32.4 Å². The largest absolute Gasteiger partial charge is 0.383 e. The second kappa shape index (κ2) is 5.69. The highest BCUT2D eigenvalue weighted by Gasteiger charge is 2.27. The number of likely N-dealkylation sites (N-methyl/N-ethyl adjacent to an activating group) is 1. The van der Waals surface area contributed by atoms with Gasteiger partial charge in [-0.3, -0.25) is 4.90 Å². The van der Waals surface area contributed by atoms with E-state index in [2.05, 4.69) is 31.1 Å². The highest BCUT2D eigenvalue weighted by molar-refractivity contribution is 4.84. The van der Waals surface area contributed by atoms with E-state index in [0.29, 0.717) is 12.1 Å². The summed E-state index contributed by atoms with van der Waals surface area (Å²) in [6.45, 7) is 7.68. The summed E-state index contributed by atoms with van der Waals surface area (Å²) >= 11 is 0. The first-order chi connectivity index (χ1) is 6.66. The highest BCUT2D eigenvalue weighted by atomic mass is 16.5. The Labute approximate surface area is 87.8 Å². The zero-order valence-electron chi connectivity index (χ0n) is 9.92. The number of ether oxygens (including phenoxy) is 1. The van der Waals surface area contributed by atoms with Crippen LogP contribution in [0.3, 0.4) is 0 Å². The van der Waals surface area contributed by atoms with Crippen molar-refractivity contribution in [2.75, 3.05) is 33.9 Å². The van der Waals surface area contributed by atoms with E-state index in [9.17, 15) is 0 Å². The molecule has 0 aliphatic carbocycles. The molecule has 0 spiro atoms. The van der Waals surface area contributed by atoms with Gasteiger partial charge in [0, 0.05) is 25.7 Å². The van der Waals surface area contributed by atoms with Crippen molar-refractivity contribution < 1.29 is 4.74 Å². The first-order valence-corrected chi connectivity index (χ1v) is 5.58. The summed E-state index contributed by atoms with van der Waals surface area (Å²) in [6.07, 6.45) is 1.29. The molecule has 1 aliphatic rings. The standard InChI is InChI=1S/C11H24N2O/c1-9-5-6-12-7-11(9)13(3)10(2)8-14-4/h9-12H,5-8H2,1-4H3. The summed E-state index contributed by atoms with van der Waals surface area (Å²) in [7, 11) is 3.98. The van der Waals surface area contributed by atoms with Crippen LogP contribution in [0.2, 0.25) is 0 Å². The molecule has 1 saturated heterocycles. The average molecular weight is 200 g/mol. The molecule has 84 valence electrons. The van der Waals surface area contributed by atoms with Crippen LogP contribution >= 0.6 is 0 Å². The molecule has 0 amide bonds. The van der Waals surface area contributed by atoms with Crippen molar-refractivity contribution in [1.82, 2.24) is 10.2 Å². The van der Waals surface area contributed by atoms with Crippen molar-refractivity contribution in [3.8, 4) is 0 Å². The van der Waals surface area contributed by atoms with E-state index in [-0.39, 0.29) is 0 Å². The molecule has 0 saturated carbocycles. The SMILES string of the molecule is COCC(C)N(C)C1CNCCC1C. The molecule has 0 aromatic heterocycles. The lowest BCUT2D eigenvalue weighted by molar-refractivity contribution is 0.0605. The normalized spacial score (nSPS) is 30.6. The molecule has 3 heteroatoms. The van der Waals surface area contributed by atoms with Gasteiger partial charge in [-0.1, -0.05) is 6.92 Å². The Hall–Kier alpha value is -0.120. The third kappa shape index (κ3) is 2.94. The lowest BCUT2D eigenvalue weighted by atomic mass is 9.93. The van der Waals surface area contributed by atoms with Gasteiger partial charge in [-0.25, -0.2) is 0 Å². The second-order valence-electron chi connectivity index (χ2n) is 4.51. The van der Waals surface area contributed by atoms with Gasteiger partial charge in [0.25, 0.3) is 0 Å². The van der Waals surface area contributed by atoms with Crippen LogP contribution in [-0.2, 0) is 4.74 Å². The number of rotatable bonds is 4. The molecule has 1 N–H and O–H groups in total. The van der Waals surface area contributed by atoms with E-state index >= 15 is 0 Å². The van der Waals surface area contributed by atoms with Crippen LogP contribution in [0.15, 0.2) is 0 Å². The number of nitrogens with zero attached hydrogens (tertiary/aromatic N) is 1. The van der Waals surface area contributed by atoms with Crippen LogP contribution in [0, 0.1) is 5.92 Å². The fourth-order valence-electron chi connectivity index (χ4n) is 2.20. The maximum absolute atomic E-state index is 5.19. The zero-order valence-corrected chi connectivity index (χ0v) is 9.92. The van der Waals surface area contributed by atoms with Crippen LogP contribution in [-0.4, -0.2) is 50.8 Å². The average Bonchev–Trinajstić information content (AvgIpc) is 2.18. The maximum Gasteiger partial charge on any atom is 0.0615 e. The first-order valence-electron chi connectivity index (χ1n) is 5.58. The molecule has 3 unspecified atom stereocenters. The number of piperidine rings is 1. The molecule has 3 nitrogen and oxygen atoms in total. The van der Waals surface area contributed by atoms with Crippen molar-refractivity contribution in [1.29, 1.82) is 0 Å².